The number of nitrogens with zero attached hydrogens (tertiary/aromatic N) is 1. The van der Waals surface area contributed by atoms with Crippen LogP contribution in [0.4, 0.5) is 0 Å². The molecule has 2 rings (SSSR count). The van der Waals surface area contributed by atoms with Gasteiger partial charge >= 0.3 is 10.1 Å². The van der Waals surface area contributed by atoms with Gasteiger partial charge in [-0.2, -0.15) is 8.42 Å². The molecule has 1 fully saturated rings. The predicted molar refractivity (Wildman–Crippen MR) is 71.1 cm³/mol. The summed E-state index contributed by atoms with van der Waals surface area (Å²) in [5.74, 6) is 0.443. The first-order chi connectivity index (χ1) is 8.66. The van der Waals surface area contributed by atoms with Crippen LogP contribution in [-0.2, 0) is 10.1 Å². The van der Waals surface area contributed by atoms with E-state index in [1.54, 1.807) is 24.3 Å². The molecule has 0 bridgehead atoms. The van der Waals surface area contributed by atoms with E-state index in [9.17, 15) is 8.42 Å². The molecule has 1 aromatic carbocycles. The molecule has 0 unspecified atom stereocenters. The van der Waals surface area contributed by atoms with Gasteiger partial charge in [0.25, 0.3) is 0 Å². The Hall–Kier alpha value is -1.07. The largest absolute Gasteiger partial charge is 0.382 e. The number of rotatable bonds is 5. The van der Waals surface area contributed by atoms with Crippen LogP contribution in [0.25, 0.3) is 0 Å². The van der Waals surface area contributed by atoms with Crippen molar-refractivity contribution in [3.05, 3.63) is 30.3 Å². The average Bonchev–Trinajstić information content (AvgIpc) is 2.38. The van der Waals surface area contributed by atoms with Gasteiger partial charge in [-0.3, -0.25) is 0 Å². The molecule has 0 aliphatic carbocycles. The molecule has 4 nitrogen and oxygen atoms in total. The Morgan fingerprint density at radius 2 is 1.72 bits per heavy atom. The highest BCUT2D eigenvalue weighted by Gasteiger charge is 2.17. The molecule has 1 aliphatic rings. The second-order valence-electron chi connectivity index (χ2n) is 4.56. The van der Waals surface area contributed by atoms with Gasteiger partial charge in [0.1, 0.15) is 5.75 Å². The van der Waals surface area contributed by atoms with E-state index in [1.165, 1.54) is 19.3 Å². The van der Waals surface area contributed by atoms with E-state index in [1.807, 2.05) is 6.07 Å². The molecule has 0 aromatic heterocycles. The molecule has 0 amide bonds. The molecule has 18 heavy (non-hydrogen) atoms. The zero-order chi connectivity index (χ0) is 12.8. The van der Waals surface area contributed by atoms with Crippen molar-refractivity contribution in [3.8, 4) is 5.75 Å². The van der Waals surface area contributed by atoms with Gasteiger partial charge in [-0.15, -0.1) is 0 Å². The molecule has 100 valence electrons. The molecular formula is C13H19NO3S. The lowest BCUT2D eigenvalue weighted by Gasteiger charge is -2.25. The predicted octanol–water partition coefficient (Wildman–Crippen LogP) is 1.88. The summed E-state index contributed by atoms with van der Waals surface area (Å²) in [4.78, 5) is 2.19. The summed E-state index contributed by atoms with van der Waals surface area (Å²) in [6.45, 7) is 2.57. The Labute approximate surface area is 109 Å². The average molecular weight is 269 g/mol. The van der Waals surface area contributed by atoms with Gasteiger partial charge in [0.05, 0.1) is 5.75 Å². The first kappa shape index (κ1) is 13.4. The van der Waals surface area contributed by atoms with E-state index in [2.05, 4.69) is 4.90 Å². The summed E-state index contributed by atoms with van der Waals surface area (Å²) in [5, 5.41) is 0. The van der Waals surface area contributed by atoms with Crippen molar-refractivity contribution in [1.29, 1.82) is 0 Å². The van der Waals surface area contributed by atoms with E-state index in [0.717, 1.165) is 13.1 Å². The topological polar surface area (TPSA) is 46.6 Å². The normalized spacial score (nSPS) is 17.6. The van der Waals surface area contributed by atoms with E-state index in [-0.39, 0.29) is 5.75 Å². The summed E-state index contributed by atoms with van der Waals surface area (Å²) in [5.41, 5.74) is 0. The molecular weight excluding hydrogens is 250 g/mol. The monoisotopic (exact) mass is 269 g/mol. The van der Waals surface area contributed by atoms with Crippen molar-refractivity contribution in [3.63, 3.8) is 0 Å². The standard InChI is InChI=1S/C13H19NO3S/c15-18(16,17-13-7-3-1-4-8-13)12-11-14-9-5-2-6-10-14/h1,3-4,7-8H,2,5-6,9-12H2. The highest BCUT2D eigenvalue weighted by atomic mass is 32.2. The highest BCUT2D eigenvalue weighted by molar-refractivity contribution is 7.87. The van der Waals surface area contributed by atoms with Crippen LogP contribution in [-0.4, -0.2) is 38.7 Å². The SMILES string of the molecule is O=S(=O)(CCN1CCCCC1)Oc1ccccc1. The second-order valence-corrected chi connectivity index (χ2v) is 6.25. The molecule has 1 heterocycles. The molecule has 5 heteroatoms. The maximum atomic E-state index is 11.8. The Morgan fingerprint density at radius 1 is 1.06 bits per heavy atom. The van der Waals surface area contributed by atoms with Crippen LogP contribution in [0.15, 0.2) is 30.3 Å². The van der Waals surface area contributed by atoms with Gasteiger partial charge in [-0.1, -0.05) is 24.6 Å². The van der Waals surface area contributed by atoms with Gasteiger partial charge in [0, 0.05) is 6.54 Å². The first-order valence-corrected chi connectivity index (χ1v) is 7.93. The third-order valence-corrected chi connectivity index (χ3v) is 4.20. The maximum absolute atomic E-state index is 11.8. The van der Waals surface area contributed by atoms with Crippen LogP contribution in [0.2, 0.25) is 0 Å². The molecule has 0 radical (unpaired) electrons. The molecule has 1 saturated heterocycles. The number of hydrogen-bond donors (Lipinski definition) is 0. The van der Waals surface area contributed by atoms with Crippen molar-refractivity contribution < 1.29 is 12.6 Å². The lowest BCUT2D eigenvalue weighted by Crippen LogP contribution is -2.34. The number of para-hydroxylation sites is 1. The van der Waals surface area contributed by atoms with Crippen molar-refractivity contribution in [2.75, 3.05) is 25.4 Å². The third-order valence-electron chi connectivity index (χ3n) is 3.07. The highest BCUT2D eigenvalue weighted by Crippen LogP contribution is 2.13. The number of piperidine rings is 1. The molecule has 1 aliphatic heterocycles. The fourth-order valence-corrected chi connectivity index (χ4v) is 3.06. The minimum atomic E-state index is -3.48. The third kappa shape index (κ3) is 4.31. The van der Waals surface area contributed by atoms with E-state index >= 15 is 0 Å². The van der Waals surface area contributed by atoms with Crippen molar-refractivity contribution in [2.45, 2.75) is 19.3 Å². The summed E-state index contributed by atoms with van der Waals surface area (Å²) in [6.07, 6.45) is 3.59. The summed E-state index contributed by atoms with van der Waals surface area (Å²) >= 11 is 0. The van der Waals surface area contributed by atoms with Gasteiger partial charge in [0.2, 0.25) is 0 Å². The Bertz CT molecular complexity index is 452. The molecule has 0 spiro atoms. The van der Waals surface area contributed by atoms with Crippen LogP contribution in [0, 0.1) is 0 Å². The van der Waals surface area contributed by atoms with E-state index < -0.39 is 10.1 Å². The van der Waals surface area contributed by atoms with Gasteiger partial charge in [-0.25, -0.2) is 0 Å². The first-order valence-electron chi connectivity index (χ1n) is 6.35. The van der Waals surface area contributed by atoms with Crippen molar-refractivity contribution in [1.82, 2.24) is 4.90 Å². The fraction of sp³-hybridized carbons (Fsp3) is 0.538. The quantitative estimate of drug-likeness (QED) is 0.766. The Balaban J connectivity index is 1.83. The summed E-state index contributed by atoms with van der Waals surface area (Å²) < 4.78 is 28.6. The fourth-order valence-electron chi connectivity index (χ4n) is 2.09. The van der Waals surface area contributed by atoms with Crippen LogP contribution in [0.1, 0.15) is 19.3 Å². The van der Waals surface area contributed by atoms with Crippen LogP contribution < -0.4 is 4.18 Å². The van der Waals surface area contributed by atoms with Crippen LogP contribution >= 0.6 is 0 Å². The maximum Gasteiger partial charge on any atom is 0.310 e. The Kier molecular flexibility index (Phi) is 4.60. The molecule has 1 aromatic rings. The van der Waals surface area contributed by atoms with Gasteiger partial charge in [-0.05, 0) is 38.1 Å². The second kappa shape index (κ2) is 6.20. The number of likely N-dealkylation sites (tertiary alicyclic amines) is 1. The summed E-state index contributed by atoms with van der Waals surface area (Å²) in [6, 6.07) is 8.65. The number of hydrogen-bond acceptors (Lipinski definition) is 4. The zero-order valence-corrected chi connectivity index (χ0v) is 11.2. The smallest absolute Gasteiger partial charge is 0.310 e. The zero-order valence-electron chi connectivity index (χ0n) is 10.4. The van der Waals surface area contributed by atoms with E-state index in [0.29, 0.717) is 12.3 Å². The van der Waals surface area contributed by atoms with Crippen molar-refractivity contribution >= 4 is 10.1 Å². The number of benzene rings is 1. The lowest BCUT2D eigenvalue weighted by molar-refractivity contribution is 0.240. The Morgan fingerprint density at radius 3 is 2.39 bits per heavy atom. The molecule has 0 atom stereocenters. The molecule has 0 saturated carbocycles. The minimum absolute atomic E-state index is 0.0574. The van der Waals surface area contributed by atoms with Crippen LogP contribution in [0.3, 0.4) is 0 Å². The molecule has 0 N–H and O–H groups in total. The van der Waals surface area contributed by atoms with Crippen molar-refractivity contribution in [2.24, 2.45) is 0 Å². The van der Waals surface area contributed by atoms with Gasteiger partial charge in [0.15, 0.2) is 0 Å². The van der Waals surface area contributed by atoms with E-state index in [4.69, 9.17) is 4.18 Å². The minimum Gasteiger partial charge on any atom is -0.382 e. The summed E-state index contributed by atoms with van der Waals surface area (Å²) in [7, 11) is -3.48. The van der Waals surface area contributed by atoms with Gasteiger partial charge < -0.3 is 9.08 Å². The van der Waals surface area contributed by atoms with Crippen LogP contribution in [0.5, 0.6) is 5.75 Å². The lowest BCUT2D eigenvalue weighted by atomic mass is 10.1.